The van der Waals surface area contributed by atoms with Gasteiger partial charge in [-0.05, 0) is 13.3 Å². The maximum atomic E-state index is 12.6. The van der Waals surface area contributed by atoms with Crippen LogP contribution in [0.15, 0.2) is 23.1 Å². The molecule has 2 aromatic rings. The van der Waals surface area contributed by atoms with Crippen molar-refractivity contribution in [1.29, 1.82) is 0 Å². The molecule has 4 rings (SSSR count). The van der Waals surface area contributed by atoms with E-state index in [1.165, 1.54) is 6.20 Å². The van der Waals surface area contributed by atoms with Crippen molar-refractivity contribution in [2.45, 2.75) is 19.8 Å². The summed E-state index contributed by atoms with van der Waals surface area (Å²) in [7, 11) is 1.83. The quantitative estimate of drug-likeness (QED) is 0.820. The van der Waals surface area contributed by atoms with Crippen LogP contribution < -0.4 is 4.90 Å². The van der Waals surface area contributed by atoms with Crippen LogP contribution in [0.1, 0.15) is 29.0 Å². The maximum absolute atomic E-state index is 12.6. The van der Waals surface area contributed by atoms with Crippen molar-refractivity contribution in [3.8, 4) is 0 Å². The molecule has 0 unspecified atom stereocenters. The Bertz CT molecular complexity index is 810. The third-order valence-corrected chi connectivity index (χ3v) is 5.03. The first-order chi connectivity index (χ1) is 11.5. The molecule has 1 atom stereocenters. The molecule has 0 aliphatic carbocycles. The minimum Gasteiger partial charge on any atom is -0.361 e. The second-order valence-electron chi connectivity index (χ2n) is 6.80. The fourth-order valence-corrected chi connectivity index (χ4v) is 3.73. The molecule has 2 aliphatic heterocycles. The molecular weight excluding hydrogens is 310 g/mol. The minimum atomic E-state index is -0.173. The highest BCUT2D eigenvalue weighted by molar-refractivity contribution is 5.97. The van der Waals surface area contributed by atoms with Gasteiger partial charge in [0.05, 0.1) is 18.1 Å². The molecule has 2 amide bonds. The van der Waals surface area contributed by atoms with Gasteiger partial charge in [0.15, 0.2) is 0 Å². The van der Waals surface area contributed by atoms with E-state index in [0.717, 1.165) is 12.1 Å². The Morgan fingerprint density at radius 3 is 2.83 bits per heavy atom. The van der Waals surface area contributed by atoms with Gasteiger partial charge in [-0.3, -0.25) is 14.3 Å². The van der Waals surface area contributed by atoms with Crippen molar-refractivity contribution < 1.29 is 14.1 Å². The second kappa shape index (κ2) is 5.19. The van der Waals surface area contributed by atoms with Crippen LogP contribution in [0.4, 0.5) is 5.69 Å². The first-order valence-corrected chi connectivity index (χ1v) is 7.97. The molecule has 1 spiro atoms. The van der Waals surface area contributed by atoms with Crippen LogP contribution in [-0.4, -0.2) is 51.3 Å². The van der Waals surface area contributed by atoms with Gasteiger partial charge in [0.25, 0.3) is 5.91 Å². The molecule has 0 bridgehead atoms. The van der Waals surface area contributed by atoms with E-state index in [9.17, 15) is 9.59 Å². The predicted octanol–water partition coefficient (Wildman–Crippen LogP) is 0.986. The molecule has 8 nitrogen and oxygen atoms in total. The number of carbonyl (C=O) groups is 2. The highest BCUT2D eigenvalue weighted by atomic mass is 16.5. The summed E-state index contributed by atoms with van der Waals surface area (Å²) in [6.07, 6.45) is 6.30. The summed E-state index contributed by atoms with van der Waals surface area (Å²) in [5, 5.41) is 7.81. The van der Waals surface area contributed by atoms with E-state index in [4.69, 9.17) is 4.52 Å². The number of aromatic nitrogens is 3. The number of hydrogen-bond donors (Lipinski definition) is 0. The Balaban J connectivity index is 1.51. The lowest BCUT2D eigenvalue weighted by molar-refractivity contribution is -0.117. The average Bonchev–Trinajstić information content (AvgIpc) is 3.29. The van der Waals surface area contributed by atoms with Crippen LogP contribution in [0.3, 0.4) is 0 Å². The van der Waals surface area contributed by atoms with Crippen molar-refractivity contribution in [2.24, 2.45) is 12.5 Å². The Kier molecular flexibility index (Phi) is 3.22. The molecule has 0 aromatic carbocycles. The van der Waals surface area contributed by atoms with Crippen LogP contribution in [0, 0.1) is 12.3 Å². The zero-order valence-corrected chi connectivity index (χ0v) is 13.7. The second-order valence-corrected chi connectivity index (χ2v) is 6.80. The summed E-state index contributed by atoms with van der Waals surface area (Å²) in [4.78, 5) is 28.7. The maximum Gasteiger partial charge on any atom is 0.259 e. The summed E-state index contributed by atoms with van der Waals surface area (Å²) < 4.78 is 6.67. The van der Waals surface area contributed by atoms with Gasteiger partial charge in [-0.2, -0.15) is 5.10 Å². The number of amides is 2. The third-order valence-electron chi connectivity index (χ3n) is 5.03. The van der Waals surface area contributed by atoms with E-state index in [0.29, 0.717) is 37.4 Å². The van der Waals surface area contributed by atoms with Gasteiger partial charge in [0.1, 0.15) is 11.3 Å². The van der Waals surface area contributed by atoms with Gasteiger partial charge >= 0.3 is 0 Å². The van der Waals surface area contributed by atoms with Crippen LogP contribution in [0.5, 0.6) is 0 Å². The molecule has 4 heterocycles. The number of aryl methyl sites for hydroxylation is 2. The molecule has 0 radical (unpaired) electrons. The van der Waals surface area contributed by atoms with Gasteiger partial charge in [-0.1, -0.05) is 5.16 Å². The van der Waals surface area contributed by atoms with Crippen molar-refractivity contribution in [1.82, 2.24) is 19.8 Å². The first kappa shape index (κ1) is 14.9. The number of likely N-dealkylation sites (tertiary alicyclic amines) is 1. The summed E-state index contributed by atoms with van der Waals surface area (Å²) in [6, 6.07) is 0. The van der Waals surface area contributed by atoms with Gasteiger partial charge in [0.2, 0.25) is 5.91 Å². The average molecular weight is 329 g/mol. The molecule has 8 heteroatoms. The standard InChI is InChI=1S/C16H19N5O3/c1-11-13(7-18-24-11)15(23)20-4-3-16(9-20)5-14(22)21(10-16)12-6-17-19(2)8-12/h6-8H,3-5,9-10H2,1-2H3/t16-/m0/s1. The lowest BCUT2D eigenvalue weighted by Crippen LogP contribution is -2.34. The Hall–Kier alpha value is -2.64. The monoisotopic (exact) mass is 329 g/mol. The van der Waals surface area contributed by atoms with Gasteiger partial charge in [-0.25, -0.2) is 0 Å². The molecule has 0 saturated carbocycles. The van der Waals surface area contributed by atoms with E-state index >= 15 is 0 Å². The summed E-state index contributed by atoms with van der Waals surface area (Å²) in [5.41, 5.74) is 1.15. The highest BCUT2D eigenvalue weighted by Crippen LogP contribution is 2.42. The molecule has 2 fully saturated rings. The molecule has 0 N–H and O–H groups in total. The van der Waals surface area contributed by atoms with Crippen LogP contribution in [0.25, 0.3) is 0 Å². The van der Waals surface area contributed by atoms with E-state index in [1.807, 2.05) is 13.2 Å². The molecule has 2 aliphatic rings. The highest BCUT2D eigenvalue weighted by Gasteiger charge is 2.49. The predicted molar refractivity (Wildman–Crippen MR) is 84.4 cm³/mol. The third kappa shape index (κ3) is 2.29. The zero-order valence-electron chi connectivity index (χ0n) is 13.7. The Morgan fingerprint density at radius 2 is 2.17 bits per heavy atom. The fourth-order valence-electron chi connectivity index (χ4n) is 3.73. The van der Waals surface area contributed by atoms with E-state index in [-0.39, 0.29) is 17.2 Å². The summed E-state index contributed by atoms with van der Waals surface area (Å²) in [6.45, 7) is 3.59. The number of anilines is 1. The SMILES string of the molecule is Cc1oncc1C(=O)N1CC[C@]2(CC(=O)N(c3cnn(C)c3)C2)C1. The van der Waals surface area contributed by atoms with E-state index < -0.39 is 0 Å². The number of carbonyl (C=O) groups excluding carboxylic acids is 2. The van der Waals surface area contributed by atoms with Crippen LogP contribution >= 0.6 is 0 Å². The van der Waals surface area contributed by atoms with Gasteiger partial charge in [0, 0.05) is 44.7 Å². The topological polar surface area (TPSA) is 84.5 Å². The largest absolute Gasteiger partial charge is 0.361 e. The lowest BCUT2D eigenvalue weighted by atomic mass is 9.86. The number of hydrogen-bond acceptors (Lipinski definition) is 5. The molecule has 24 heavy (non-hydrogen) atoms. The van der Waals surface area contributed by atoms with Crippen molar-refractivity contribution in [3.63, 3.8) is 0 Å². The molecular formula is C16H19N5O3. The normalized spacial score (nSPS) is 23.7. The molecule has 2 aromatic heterocycles. The summed E-state index contributed by atoms with van der Waals surface area (Å²) in [5.74, 6) is 0.553. The molecule has 126 valence electrons. The zero-order chi connectivity index (χ0) is 16.9. The van der Waals surface area contributed by atoms with Crippen molar-refractivity contribution in [2.75, 3.05) is 24.5 Å². The first-order valence-electron chi connectivity index (χ1n) is 7.97. The Labute approximate surface area is 139 Å². The van der Waals surface area contributed by atoms with Gasteiger partial charge in [-0.15, -0.1) is 0 Å². The minimum absolute atomic E-state index is 0.0714. The smallest absolute Gasteiger partial charge is 0.259 e. The van der Waals surface area contributed by atoms with E-state index in [1.54, 1.807) is 27.6 Å². The Morgan fingerprint density at radius 1 is 1.33 bits per heavy atom. The van der Waals surface area contributed by atoms with E-state index in [2.05, 4.69) is 10.3 Å². The number of nitrogens with zero attached hydrogens (tertiary/aromatic N) is 5. The van der Waals surface area contributed by atoms with Crippen LogP contribution in [-0.2, 0) is 11.8 Å². The molecule has 2 saturated heterocycles. The lowest BCUT2D eigenvalue weighted by Gasteiger charge is -2.23. The van der Waals surface area contributed by atoms with Crippen molar-refractivity contribution in [3.05, 3.63) is 29.9 Å². The summed E-state index contributed by atoms with van der Waals surface area (Å²) >= 11 is 0. The number of rotatable bonds is 2. The van der Waals surface area contributed by atoms with Crippen molar-refractivity contribution >= 4 is 17.5 Å². The van der Waals surface area contributed by atoms with Crippen LogP contribution in [0.2, 0.25) is 0 Å². The van der Waals surface area contributed by atoms with Gasteiger partial charge < -0.3 is 14.3 Å². The fraction of sp³-hybridized carbons (Fsp3) is 0.500.